The Morgan fingerprint density at radius 3 is 2.35 bits per heavy atom. The fourth-order valence-electron chi connectivity index (χ4n) is 5.83. The van der Waals surface area contributed by atoms with Crippen LogP contribution in [0.15, 0.2) is 5.11 Å². The maximum Gasteiger partial charge on any atom is 0.315 e. The van der Waals surface area contributed by atoms with E-state index < -0.39 is 5.78 Å². The number of unbranched alkanes of at least 4 members (excludes halogenated alkanes) is 1. The molecule has 1 unspecified atom stereocenters. The molecule has 0 radical (unpaired) electrons. The zero-order valence-electron chi connectivity index (χ0n) is 28.0. The van der Waals surface area contributed by atoms with Gasteiger partial charge in [0.05, 0.1) is 51.7 Å². The van der Waals surface area contributed by atoms with E-state index in [-0.39, 0.29) is 106 Å². The number of azide groups is 1. The Morgan fingerprint density at radius 2 is 1.61 bits per heavy atom. The van der Waals surface area contributed by atoms with Crippen LogP contribution >= 0.6 is 11.8 Å². The molecule has 5 amide bonds. The third kappa shape index (κ3) is 15.8. The number of nitrogens with one attached hydrogen (secondary N) is 4. The summed E-state index contributed by atoms with van der Waals surface area (Å²) in [6.07, 6.45) is 4.06. The molecule has 0 aromatic carbocycles. The van der Waals surface area contributed by atoms with Crippen molar-refractivity contribution in [3.8, 4) is 0 Å². The van der Waals surface area contributed by atoms with Crippen LogP contribution in [0.4, 0.5) is 4.79 Å². The maximum atomic E-state index is 13.1. The largest absolute Gasteiger partial charge is 0.379 e. The molecular formula is C31H50N8O9S. The number of nitrogens with zero attached hydrogens (tertiary/aromatic N) is 4. The van der Waals surface area contributed by atoms with Gasteiger partial charge in [-0.05, 0) is 30.7 Å². The number of amides is 5. The van der Waals surface area contributed by atoms with E-state index in [1.54, 1.807) is 4.90 Å². The van der Waals surface area contributed by atoms with Gasteiger partial charge in [-0.25, -0.2) is 4.79 Å². The smallest absolute Gasteiger partial charge is 0.315 e. The Morgan fingerprint density at radius 1 is 0.898 bits per heavy atom. The van der Waals surface area contributed by atoms with Crippen molar-refractivity contribution in [2.24, 2.45) is 11.0 Å². The number of hydrogen-bond acceptors (Lipinski definition) is 11. The first-order valence-electron chi connectivity index (χ1n) is 17.1. The molecule has 17 nitrogen and oxygen atoms in total. The number of fused-ring (bicyclic) bond motifs is 1. The Hall–Kier alpha value is -3.44. The lowest BCUT2D eigenvalue weighted by atomic mass is 9.85. The predicted octanol–water partition coefficient (Wildman–Crippen LogP) is 0.852. The zero-order valence-corrected chi connectivity index (χ0v) is 28.8. The van der Waals surface area contributed by atoms with Crippen molar-refractivity contribution in [3.63, 3.8) is 0 Å². The van der Waals surface area contributed by atoms with E-state index in [0.29, 0.717) is 57.6 Å². The number of carbonyl (C=O) groups is 6. The normalized spacial score (nSPS) is 21.3. The summed E-state index contributed by atoms with van der Waals surface area (Å²) in [6, 6.07) is 0.213. The van der Waals surface area contributed by atoms with E-state index in [4.69, 9.17) is 19.7 Å². The number of urea groups is 1. The highest BCUT2D eigenvalue weighted by Gasteiger charge is 2.42. The van der Waals surface area contributed by atoms with Crippen molar-refractivity contribution < 1.29 is 43.0 Å². The average molecular weight is 711 g/mol. The molecule has 4 N–H and O–H groups in total. The fraction of sp³-hybridized carbons (Fsp3) is 0.806. The summed E-state index contributed by atoms with van der Waals surface area (Å²) < 4.78 is 16.6. The second-order valence-electron chi connectivity index (χ2n) is 12.1. The Balaban J connectivity index is 1.27. The number of thioether (sulfide) groups is 1. The highest BCUT2D eigenvalue weighted by Crippen LogP contribution is 2.33. The van der Waals surface area contributed by atoms with Crippen LogP contribution < -0.4 is 21.3 Å². The van der Waals surface area contributed by atoms with Crippen LogP contribution in [0.25, 0.3) is 10.4 Å². The summed E-state index contributed by atoms with van der Waals surface area (Å²) in [5.41, 5.74) is 8.29. The fourth-order valence-corrected chi connectivity index (χ4v) is 7.37. The molecule has 1 aliphatic carbocycles. The third-order valence-corrected chi connectivity index (χ3v) is 9.99. The number of rotatable bonds is 25. The minimum absolute atomic E-state index is 0.00559. The summed E-state index contributed by atoms with van der Waals surface area (Å²) in [5, 5.41) is 15.1. The summed E-state index contributed by atoms with van der Waals surface area (Å²) in [6.45, 7) is 3.20. The molecular weight excluding hydrogens is 660 g/mol. The van der Waals surface area contributed by atoms with Crippen molar-refractivity contribution in [1.29, 1.82) is 0 Å². The first-order valence-corrected chi connectivity index (χ1v) is 18.1. The lowest BCUT2D eigenvalue weighted by Crippen LogP contribution is -2.37. The molecule has 2 saturated heterocycles. The van der Waals surface area contributed by atoms with Gasteiger partial charge in [0.25, 0.3) is 0 Å². The van der Waals surface area contributed by atoms with Crippen molar-refractivity contribution in [2.45, 2.75) is 75.1 Å². The van der Waals surface area contributed by atoms with Gasteiger partial charge in [0.15, 0.2) is 11.6 Å². The Bertz CT molecular complexity index is 1170. The monoisotopic (exact) mass is 710 g/mol. The topological polar surface area (TPSA) is 230 Å². The minimum Gasteiger partial charge on any atom is -0.379 e. The summed E-state index contributed by atoms with van der Waals surface area (Å²) in [7, 11) is 0. The van der Waals surface area contributed by atoms with Gasteiger partial charge >= 0.3 is 6.03 Å². The maximum absolute atomic E-state index is 13.1. The molecule has 49 heavy (non-hydrogen) atoms. The molecule has 2 heterocycles. The quantitative estimate of drug-likeness (QED) is 0.0261. The first kappa shape index (κ1) is 40.0. The number of Topliss-reactive ketones (excluding diaryl/α,β-unsaturated/α-hetero) is 2. The van der Waals surface area contributed by atoms with Gasteiger partial charge < -0.3 is 40.4 Å². The molecule has 0 aromatic rings. The van der Waals surface area contributed by atoms with Gasteiger partial charge in [0.1, 0.15) is 0 Å². The van der Waals surface area contributed by atoms with Gasteiger partial charge in [0, 0.05) is 80.7 Å². The van der Waals surface area contributed by atoms with E-state index in [2.05, 4.69) is 31.3 Å². The van der Waals surface area contributed by atoms with E-state index in [1.165, 1.54) is 0 Å². The van der Waals surface area contributed by atoms with Crippen LogP contribution in [0.3, 0.4) is 0 Å². The van der Waals surface area contributed by atoms with Gasteiger partial charge in [-0.3, -0.25) is 24.0 Å². The van der Waals surface area contributed by atoms with Crippen LogP contribution in [0.2, 0.25) is 0 Å². The predicted molar refractivity (Wildman–Crippen MR) is 180 cm³/mol. The van der Waals surface area contributed by atoms with Crippen molar-refractivity contribution in [1.82, 2.24) is 26.2 Å². The molecule has 2 aliphatic heterocycles. The Labute approximate surface area is 290 Å². The van der Waals surface area contributed by atoms with Crippen molar-refractivity contribution >= 4 is 47.1 Å². The minimum atomic E-state index is -0.409. The van der Waals surface area contributed by atoms with Crippen LogP contribution in [0.1, 0.15) is 57.8 Å². The SMILES string of the molecule is [N-]=[N+]=NCCOCCOCCN(CCOCCC(=O)NCCNC(=O)CC1CCC(=O)C(=O)C1)C(=O)CCCC[C@@H]1SC[C@@H]2NC(=O)N[C@@H]21. The number of hydrogen-bond donors (Lipinski definition) is 4. The van der Waals surface area contributed by atoms with Crippen molar-refractivity contribution in [3.05, 3.63) is 10.4 Å². The second kappa shape index (κ2) is 23.1. The molecule has 0 bridgehead atoms. The molecule has 0 aromatic heterocycles. The molecule has 18 heteroatoms. The number of ketones is 2. The molecule has 1 saturated carbocycles. The highest BCUT2D eigenvalue weighted by atomic mass is 32.2. The lowest BCUT2D eigenvalue weighted by Gasteiger charge is -2.23. The molecule has 4 atom stereocenters. The second-order valence-corrected chi connectivity index (χ2v) is 13.4. The molecule has 3 fully saturated rings. The number of ether oxygens (including phenoxy) is 3. The summed E-state index contributed by atoms with van der Waals surface area (Å²) >= 11 is 1.85. The van der Waals surface area contributed by atoms with E-state index >= 15 is 0 Å². The van der Waals surface area contributed by atoms with Gasteiger partial charge in [-0.1, -0.05) is 11.5 Å². The van der Waals surface area contributed by atoms with E-state index in [9.17, 15) is 28.8 Å². The van der Waals surface area contributed by atoms with E-state index in [0.717, 1.165) is 25.0 Å². The first-order chi connectivity index (χ1) is 23.8. The molecule has 3 aliphatic rings. The van der Waals surface area contributed by atoms with Crippen LogP contribution in [0.5, 0.6) is 0 Å². The van der Waals surface area contributed by atoms with Crippen LogP contribution in [-0.2, 0) is 38.2 Å². The average Bonchev–Trinajstić information content (AvgIpc) is 3.63. The zero-order chi connectivity index (χ0) is 35.3. The lowest BCUT2D eigenvalue weighted by molar-refractivity contribution is -0.139. The van der Waals surface area contributed by atoms with Gasteiger partial charge in [-0.15, -0.1) is 0 Å². The molecule has 274 valence electrons. The summed E-state index contributed by atoms with van der Waals surface area (Å²) in [4.78, 5) is 76.3. The molecule has 3 rings (SSSR count). The van der Waals surface area contributed by atoms with Gasteiger partial charge in [0.2, 0.25) is 17.7 Å². The van der Waals surface area contributed by atoms with Crippen LogP contribution in [-0.4, -0.2) is 136 Å². The third-order valence-electron chi connectivity index (χ3n) is 8.48. The molecule has 0 spiro atoms. The summed E-state index contributed by atoms with van der Waals surface area (Å²) in [5.74, 6) is -0.445. The van der Waals surface area contributed by atoms with Crippen molar-refractivity contribution in [2.75, 3.05) is 78.1 Å². The Kier molecular flexibility index (Phi) is 18.8. The highest BCUT2D eigenvalue weighted by molar-refractivity contribution is 8.00. The standard InChI is InChI=1S/C31H50N8O9S/c32-38-35-10-14-47-17-18-48-16-12-39(29(44)4-2-1-3-26-30-23(21-49-26)36-31(45)37-30)11-15-46-13-7-27(42)33-8-9-34-28(43)20-22-5-6-24(40)25(41)19-22/h22-23,26,30H,1-21H2,(H,33,42)(H,34,43)(H2,36,37,45)/t22?,23-,26-,30-/m0/s1. The number of carbonyl (C=O) groups excluding carboxylic acids is 6. The van der Waals surface area contributed by atoms with E-state index in [1.807, 2.05) is 11.8 Å². The van der Waals surface area contributed by atoms with Crippen LogP contribution in [0, 0.1) is 5.92 Å². The van der Waals surface area contributed by atoms with Gasteiger partial charge in [-0.2, -0.15) is 11.8 Å².